The molecular weight excluding hydrogens is 579 g/mol. The fourth-order valence-electron chi connectivity index (χ4n) is 4.84. The monoisotopic (exact) mass is 604 g/mol. The van der Waals surface area contributed by atoms with E-state index in [2.05, 4.69) is 5.32 Å². The minimum absolute atomic E-state index is 0.101. The number of nitrogens with one attached hydrogen (secondary N) is 1. The predicted molar refractivity (Wildman–Crippen MR) is 152 cm³/mol. The zero-order valence-electron chi connectivity index (χ0n) is 21.1. The van der Waals surface area contributed by atoms with Crippen molar-refractivity contribution in [2.75, 3.05) is 13.7 Å². The number of thioether (sulfide) groups is 1. The molecule has 5 rings (SSSR count). The molecule has 0 bridgehead atoms. The lowest BCUT2D eigenvalue weighted by Gasteiger charge is -2.38. The number of methoxy groups -OCH3 is 1. The van der Waals surface area contributed by atoms with Crippen LogP contribution in [0, 0.1) is 5.92 Å². The summed E-state index contributed by atoms with van der Waals surface area (Å²) in [5, 5.41) is 7.67. The number of amides is 1. The molecular formula is C28H26Cl2N2O5S2. The van der Waals surface area contributed by atoms with Gasteiger partial charge in [0.25, 0.3) is 5.91 Å². The summed E-state index contributed by atoms with van der Waals surface area (Å²) in [7, 11) is 1.21. The van der Waals surface area contributed by atoms with E-state index in [4.69, 9.17) is 42.4 Å². The van der Waals surface area contributed by atoms with E-state index in [0.717, 1.165) is 30.2 Å². The molecule has 39 heavy (non-hydrogen) atoms. The standard InChI is InChI=1S/C28H26Cl2N2O5S2/c1-35-27(34)37-20-14-28(18-12-13-38-16-18,22-10-5-11-23(31-22)36-15-17-6-2-3-7-17)32-26(33)25(20)39-21-9-4-8-19(29)24(21)30/h4-5,8-13,16-17H,2-3,6-7,14-15H2,1H3,(H,32,33). The molecule has 1 atom stereocenters. The highest BCUT2D eigenvalue weighted by atomic mass is 35.5. The van der Waals surface area contributed by atoms with Crippen molar-refractivity contribution in [1.82, 2.24) is 10.3 Å². The van der Waals surface area contributed by atoms with E-state index in [1.165, 1.54) is 31.3 Å². The number of nitrogens with zero attached hydrogens (tertiary/aromatic N) is 1. The lowest BCUT2D eigenvalue weighted by atomic mass is 9.81. The van der Waals surface area contributed by atoms with Crippen molar-refractivity contribution in [3.63, 3.8) is 0 Å². The third-order valence-corrected chi connectivity index (χ3v) is 9.62. The van der Waals surface area contributed by atoms with Crippen LogP contribution in [-0.4, -0.2) is 30.8 Å². The largest absolute Gasteiger partial charge is 0.513 e. The summed E-state index contributed by atoms with van der Waals surface area (Å²) >= 11 is 15.2. The maximum atomic E-state index is 13.8. The average Bonchev–Trinajstić information content (AvgIpc) is 3.67. The van der Waals surface area contributed by atoms with Crippen molar-refractivity contribution in [2.45, 2.75) is 42.5 Å². The van der Waals surface area contributed by atoms with Crippen molar-refractivity contribution in [3.05, 3.63) is 85.2 Å². The summed E-state index contributed by atoms with van der Waals surface area (Å²) in [6.45, 7) is 0.603. The molecule has 1 unspecified atom stereocenters. The van der Waals surface area contributed by atoms with Gasteiger partial charge >= 0.3 is 6.16 Å². The Kier molecular flexibility index (Phi) is 8.71. The second-order valence-corrected chi connectivity index (χ2v) is 12.0. The second-order valence-electron chi connectivity index (χ2n) is 9.33. The molecule has 0 saturated heterocycles. The zero-order valence-corrected chi connectivity index (χ0v) is 24.2. The number of thiophene rings is 1. The predicted octanol–water partition coefficient (Wildman–Crippen LogP) is 7.57. The molecule has 2 aromatic heterocycles. The van der Waals surface area contributed by atoms with Gasteiger partial charge in [0, 0.05) is 17.4 Å². The molecule has 1 aliphatic carbocycles. The van der Waals surface area contributed by atoms with E-state index in [9.17, 15) is 9.59 Å². The first kappa shape index (κ1) is 27.8. The Morgan fingerprint density at radius 1 is 1.18 bits per heavy atom. The highest BCUT2D eigenvalue weighted by Gasteiger charge is 2.46. The molecule has 1 fully saturated rings. The van der Waals surface area contributed by atoms with Crippen LogP contribution >= 0.6 is 46.3 Å². The molecule has 3 heterocycles. The van der Waals surface area contributed by atoms with E-state index in [0.29, 0.717) is 39.0 Å². The van der Waals surface area contributed by atoms with Crippen molar-refractivity contribution < 1.29 is 23.8 Å². The maximum absolute atomic E-state index is 13.8. The molecule has 3 aromatic rings. The van der Waals surface area contributed by atoms with Crippen molar-refractivity contribution in [2.24, 2.45) is 5.92 Å². The first-order valence-corrected chi connectivity index (χ1v) is 15.0. The first-order chi connectivity index (χ1) is 18.9. The maximum Gasteiger partial charge on any atom is 0.513 e. The lowest BCUT2D eigenvalue weighted by Crippen LogP contribution is -2.51. The number of hydrogen-bond acceptors (Lipinski definition) is 8. The molecule has 7 nitrogen and oxygen atoms in total. The number of hydrogen-bond donors (Lipinski definition) is 1. The Morgan fingerprint density at radius 3 is 2.72 bits per heavy atom. The first-order valence-electron chi connectivity index (χ1n) is 12.5. The summed E-state index contributed by atoms with van der Waals surface area (Å²) in [6, 6.07) is 12.5. The van der Waals surface area contributed by atoms with Gasteiger partial charge < -0.3 is 19.5 Å². The lowest BCUT2D eigenvalue weighted by molar-refractivity contribution is -0.119. The van der Waals surface area contributed by atoms with Crippen molar-refractivity contribution in [1.29, 1.82) is 0 Å². The molecule has 2 aliphatic rings. The van der Waals surface area contributed by atoms with Crippen LogP contribution in [0.4, 0.5) is 4.79 Å². The normalized spacial score (nSPS) is 19.6. The van der Waals surface area contributed by atoms with Gasteiger partial charge in [0.1, 0.15) is 16.2 Å². The van der Waals surface area contributed by atoms with Crippen LogP contribution in [-0.2, 0) is 19.8 Å². The minimum Gasteiger partial charge on any atom is -0.477 e. The zero-order chi connectivity index (χ0) is 27.4. The van der Waals surface area contributed by atoms with Gasteiger partial charge in [-0.05, 0) is 59.3 Å². The van der Waals surface area contributed by atoms with Gasteiger partial charge in [0.05, 0.1) is 29.5 Å². The molecule has 204 valence electrons. The Balaban J connectivity index is 1.55. The number of benzene rings is 1. The molecule has 1 aromatic carbocycles. The van der Waals surface area contributed by atoms with Gasteiger partial charge in [-0.25, -0.2) is 9.78 Å². The third kappa shape index (κ3) is 6.06. The Labute approximate surface area is 244 Å². The highest BCUT2D eigenvalue weighted by molar-refractivity contribution is 8.04. The van der Waals surface area contributed by atoms with Gasteiger partial charge in [-0.1, -0.05) is 59.9 Å². The minimum atomic E-state index is -1.12. The van der Waals surface area contributed by atoms with Gasteiger partial charge in [0.2, 0.25) is 5.88 Å². The number of carbonyl (C=O) groups excluding carboxylic acids is 2. The summed E-state index contributed by atoms with van der Waals surface area (Å²) in [6.07, 6.45) is 3.94. The van der Waals surface area contributed by atoms with Crippen LogP contribution in [0.5, 0.6) is 5.88 Å². The van der Waals surface area contributed by atoms with Crippen LogP contribution < -0.4 is 10.1 Å². The third-order valence-electron chi connectivity index (χ3n) is 6.83. The second kappa shape index (κ2) is 12.2. The summed E-state index contributed by atoms with van der Waals surface area (Å²) in [4.78, 5) is 31.6. The van der Waals surface area contributed by atoms with Gasteiger partial charge in [-0.15, -0.1) is 0 Å². The quantitative estimate of drug-likeness (QED) is 0.265. The van der Waals surface area contributed by atoms with E-state index in [1.807, 2.05) is 35.0 Å². The van der Waals surface area contributed by atoms with Crippen LogP contribution in [0.15, 0.2) is 68.8 Å². The van der Waals surface area contributed by atoms with Gasteiger partial charge in [0.15, 0.2) is 0 Å². The smallest absolute Gasteiger partial charge is 0.477 e. The Morgan fingerprint density at radius 2 is 1.97 bits per heavy atom. The summed E-state index contributed by atoms with van der Waals surface area (Å²) in [5.41, 5.74) is 0.251. The molecule has 1 saturated carbocycles. The molecule has 11 heteroatoms. The van der Waals surface area contributed by atoms with E-state index >= 15 is 0 Å². The summed E-state index contributed by atoms with van der Waals surface area (Å²) in [5.74, 6) is 0.688. The van der Waals surface area contributed by atoms with Crippen molar-refractivity contribution in [3.8, 4) is 5.88 Å². The average molecular weight is 606 g/mol. The number of rotatable bonds is 8. The molecule has 1 N–H and O–H groups in total. The fraction of sp³-hybridized carbons (Fsp3) is 0.321. The van der Waals surface area contributed by atoms with E-state index in [-0.39, 0.29) is 17.1 Å². The topological polar surface area (TPSA) is 86.8 Å². The van der Waals surface area contributed by atoms with E-state index in [1.54, 1.807) is 18.2 Å². The number of aromatic nitrogens is 1. The van der Waals surface area contributed by atoms with Crippen LogP contribution in [0.25, 0.3) is 0 Å². The SMILES string of the molecule is COC(=O)OC1=C(Sc2cccc(Cl)c2Cl)C(=O)NC(c2ccsc2)(c2cccc(OCC3CCCC3)n2)C1. The fourth-order valence-corrected chi connectivity index (χ4v) is 6.98. The number of ether oxygens (including phenoxy) is 3. The Hall–Kier alpha value is -2.72. The molecule has 1 amide bonds. The molecule has 0 spiro atoms. The van der Waals surface area contributed by atoms with Gasteiger partial charge in [-0.3, -0.25) is 4.79 Å². The van der Waals surface area contributed by atoms with Crippen LogP contribution in [0.2, 0.25) is 10.0 Å². The molecule has 0 radical (unpaired) electrons. The number of halogens is 2. The number of pyridine rings is 1. The van der Waals surface area contributed by atoms with E-state index < -0.39 is 17.6 Å². The van der Waals surface area contributed by atoms with Crippen LogP contribution in [0.1, 0.15) is 43.4 Å². The Bertz CT molecular complexity index is 1390. The number of carbonyl (C=O) groups is 2. The van der Waals surface area contributed by atoms with Crippen LogP contribution in [0.3, 0.4) is 0 Å². The van der Waals surface area contributed by atoms with Gasteiger partial charge in [-0.2, -0.15) is 11.3 Å². The van der Waals surface area contributed by atoms with Crippen molar-refractivity contribution >= 4 is 58.4 Å². The molecule has 1 aliphatic heterocycles. The highest BCUT2D eigenvalue weighted by Crippen LogP contribution is 2.46. The summed E-state index contributed by atoms with van der Waals surface area (Å²) < 4.78 is 16.4.